The number of nitrogens with one attached hydrogen (secondary N) is 1. The number of nitrogens with zero attached hydrogens (tertiary/aromatic N) is 1. The largest absolute Gasteiger partial charge is 0.348 e. The topological polar surface area (TPSA) is 83.6 Å². The molecule has 2 heterocycles. The SMILES string of the molecule is O=C(NCc1ccccc1Cl)c1ccc2c(c1)C1(CCS(=O)CC1)C(C1CC1)N2S(=O)(=O)c1ccc(F)cc1. The Hall–Kier alpha value is -2.75. The fourth-order valence-corrected chi connectivity index (χ4v) is 9.55. The van der Waals surface area contributed by atoms with E-state index in [0.717, 1.165) is 36.1 Å². The van der Waals surface area contributed by atoms with E-state index in [9.17, 15) is 21.8 Å². The van der Waals surface area contributed by atoms with E-state index in [1.807, 2.05) is 24.3 Å². The molecule has 1 spiro atoms. The van der Waals surface area contributed by atoms with Crippen LogP contribution in [0.1, 0.15) is 47.2 Å². The predicted octanol–water partition coefficient (Wildman–Crippen LogP) is 5.18. The van der Waals surface area contributed by atoms with Crippen LogP contribution in [0.5, 0.6) is 0 Å². The van der Waals surface area contributed by atoms with Crippen LogP contribution in [0.25, 0.3) is 0 Å². The average molecular weight is 587 g/mol. The van der Waals surface area contributed by atoms with Crippen molar-refractivity contribution in [3.63, 3.8) is 0 Å². The first-order chi connectivity index (χ1) is 18.7. The molecular formula is C29H28ClFN2O4S2. The number of fused-ring (bicyclic) bond motifs is 2. The monoisotopic (exact) mass is 586 g/mol. The van der Waals surface area contributed by atoms with Crippen molar-refractivity contribution in [3.05, 3.63) is 94.3 Å². The predicted molar refractivity (Wildman–Crippen MR) is 150 cm³/mol. The molecule has 204 valence electrons. The molecule has 3 aliphatic rings. The van der Waals surface area contributed by atoms with Crippen molar-refractivity contribution in [3.8, 4) is 0 Å². The van der Waals surface area contributed by atoms with Gasteiger partial charge in [-0.15, -0.1) is 0 Å². The summed E-state index contributed by atoms with van der Waals surface area (Å²) in [5, 5.41) is 3.49. The molecule has 1 amide bonds. The maximum Gasteiger partial charge on any atom is 0.264 e. The molecule has 0 bridgehead atoms. The zero-order chi connectivity index (χ0) is 27.4. The van der Waals surface area contributed by atoms with Gasteiger partial charge in [0.25, 0.3) is 15.9 Å². The minimum Gasteiger partial charge on any atom is -0.348 e. The van der Waals surface area contributed by atoms with Crippen molar-refractivity contribution in [2.75, 3.05) is 15.8 Å². The highest BCUT2D eigenvalue weighted by Gasteiger charge is 2.60. The van der Waals surface area contributed by atoms with E-state index >= 15 is 0 Å². The molecule has 0 radical (unpaired) electrons. The standard InChI is InChI=1S/C29H28ClFN2O4S2/c30-25-4-2-1-3-21(25)18-32-28(34)20-7-12-26-24(17-20)29(13-15-38(35)16-14-29)27(19-5-6-19)33(26)39(36,37)23-10-8-22(31)9-11-23/h1-4,7-12,17,19,27H,5-6,13-16,18H2,(H,32,34). The van der Waals surface area contributed by atoms with Gasteiger partial charge in [0, 0.05) is 44.9 Å². The maximum atomic E-state index is 14.1. The number of carbonyl (C=O) groups is 1. The van der Waals surface area contributed by atoms with Gasteiger partial charge in [0.15, 0.2) is 0 Å². The van der Waals surface area contributed by atoms with E-state index in [1.165, 1.54) is 16.4 Å². The van der Waals surface area contributed by atoms with Crippen LogP contribution in [0.4, 0.5) is 10.1 Å². The summed E-state index contributed by atoms with van der Waals surface area (Å²) in [6.45, 7) is 0.259. The second kappa shape index (κ2) is 10.0. The molecule has 1 aliphatic carbocycles. The highest BCUT2D eigenvalue weighted by atomic mass is 35.5. The molecule has 3 aromatic rings. The average Bonchev–Trinajstić information content (AvgIpc) is 3.73. The van der Waals surface area contributed by atoms with Crippen LogP contribution in [-0.4, -0.2) is 36.1 Å². The molecule has 6 nitrogen and oxygen atoms in total. The Kier molecular flexibility index (Phi) is 6.80. The summed E-state index contributed by atoms with van der Waals surface area (Å²) in [5.41, 5.74) is 2.04. The van der Waals surface area contributed by atoms with E-state index < -0.39 is 32.1 Å². The van der Waals surface area contributed by atoms with Gasteiger partial charge >= 0.3 is 0 Å². The van der Waals surface area contributed by atoms with Crippen molar-refractivity contribution >= 4 is 44.0 Å². The van der Waals surface area contributed by atoms with Crippen LogP contribution in [-0.2, 0) is 32.8 Å². The zero-order valence-electron chi connectivity index (χ0n) is 21.1. The van der Waals surface area contributed by atoms with Gasteiger partial charge in [-0.3, -0.25) is 13.3 Å². The van der Waals surface area contributed by atoms with E-state index in [4.69, 9.17) is 11.6 Å². The van der Waals surface area contributed by atoms with E-state index in [0.29, 0.717) is 40.6 Å². The Balaban J connectivity index is 1.42. The Morgan fingerprint density at radius 1 is 1.05 bits per heavy atom. The highest BCUT2D eigenvalue weighted by molar-refractivity contribution is 7.93. The summed E-state index contributed by atoms with van der Waals surface area (Å²) >= 11 is 6.25. The van der Waals surface area contributed by atoms with Gasteiger partial charge in [-0.2, -0.15) is 0 Å². The molecule has 2 aliphatic heterocycles. The number of anilines is 1. The molecule has 6 rings (SSSR count). The third-order valence-electron chi connectivity index (χ3n) is 8.24. The minimum atomic E-state index is -4.02. The number of rotatable bonds is 6. The molecule has 0 aromatic heterocycles. The molecule has 1 N–H and O–H groups in total. The highest BCUT2D eigenvalue weighted by Crippen LogP contribution is 2.59. The smallest absolute Gasteiger partial charge is 0.264 e. The number of halogens is 2. The number of hydrogen-bond acceptors (Lipinski definition) is 4. The van der Waals surface area contributed by atoms with Crippen molar-refractivity contribution in [1.82, 2.24) is 5.32 Å². The van der Waals surface area contributed by atoms with Crippen LogP contribution in [0.3, 0.4) is 0 Å². The Morgan fingerprint density at radius 2 is 1.74 bits per heavy atom. The Morgan fingerprint density at radius 3 is 2.41 bits per heavy atom. The number of amides is 1. The van der Waals surface area contributed by atoms with Crippen molar-refractivity contribution in [2.24, 2.45) is 5.92 Å². The molecule has 39 heavy (non-hydrogen) atoms. The fourth-order valence-electron chi connectivity index (χ4n) is 6.16. The summed E-state index contributed by atoms with van der Waals surface area (Å²) in [4.78, 5) is 13.3. The Labute approximate surface area is 235 Å². The van der Waals surface area contributed by atoms with Gasteiger partial charge in [0.1, 0.15) is 5.82 Å². The third-order valence-corrected chi connectivity index (χ3v) is 11.7. The first-order valence-corrected chi connectivity index (χ1v) is 16.3. The first kappa shape index (κ1) is 26.5. The fraction of sp³-hybridized carbons (Fsp3) is 0.345. The molecule has 1 saturated heterocycles. The Bertz CT molecular complexity index is 1560. The second-order valence-corrected chi connectivity index (χ2v) is 14.5. The second-order valence-electron chi connectivity index (χ2n) is 10.5. The van der Waals surface area contributed by atoms with E-state index in [-0.39, 0.29) is 29.3 Å². The van der Waals surface area contributed by atoms with Gasteiger partial charge in [-0.05, 0) is 91.3 Å². The van der Waals surface area contributed by atoms with Gasteiger partial charge < -0.3 is 5.32 Å². The lowest BCUT2D eigenvalue weighted by Crippen LogP contribution is -2.51. The van der Waals surface area contributed by atoms with Crippen LogP contribution in [0.2, 0.25) is 5.02 Å². The summed E-state index contributed by atoms with van der Waals surface area (Å²) in [5.74, 6) is 0.339. The van der Waals surface area contributed by atoms with Crippen molar-refractivity contribution < 1.29 is 21.8 Å². The molecule has 1 unspecified atom stereocenters. The summed E-state index contributed by atoms with van der Waals surface area (Å²) < 4.78 is 55.8. The van der Waals surface area contributed by atoms with Gasteiger partial charge in [0.2, 0.25) is 0 Å². The molecular weight excluding hydrogens is 559 g/mol. The summed E-state index contributed by atoms with van der Waals surface area (Å²) in [6.07, 6.45) is 2.97. The van der Waals surface area contributed by atoms with Crippen LogP contribution < -0.4 is 9.62 Å². The van der Waals surface area contributed by atoms with Crippen molar-refractivity contribution in [2.45, 2.75) is 48.6 Å². The van der Waals surface area contributed by atoms with Crippen LogP contribution >= 0.6 is 11.6 Å². The van der Waals surface area contributed by atoms with Crippen LogP contribution in [0.15, 0.2) is 71.6 Å². The number of benzene rings is 3. The number of sulfonamides is 1. The van der Waals surface area contributed by atoms with Gasteiger partial charge in [-0.1, -0.05) is 29.8 Å². The lowest BCUT2D eigenvalue weighted by atomic mass is 9.70. The normalized spacial score (nSPS) is 24.5. The zero-order valence-corrected chi connectivity index (χ0v) is 23.5. The molecule has 1 saturated carbocycles. The van der Waals surface area contributed by atoms with Gasteiger partial charge in [0.05, 0.1) is 16.6 Å². The molecule has 2 fully saturated rings. The lowest BCUT2D eigenvalue weighted by Gasteiger charge is -2.41. The third kappa shape index (κ3) is 4.68. The molecule has 1 atom stereocenters. The van der Waals surface area contributed by atoms with Crippen molar-refractivity contribution in [1.29, 1.82) is 0 Å². The number of hydrogen-bond donors (Lipinski definition) is 1. The quantitative estimate of drug-likeness (QED) is 0.432. The first-order valence-electron chi connectivity index (χ1n) is 13.0. The minimum absolute atomic E-state index is 0.0264. The summed E-state index contributed by atoms with van der Waals surface area (Å²) in [7, 11) is -4.98. The van der Waals surface area contributed by atoms with Crippen LogP contribution in [0, 0.1) is 11.7 Å². The maximum absolute atomic E-state index is 14.1. The van der Waals surface area contributed by atoms with E-state index in [2.05, 4.69) is 5.32 Å². The van der Waals surface area contributed by atoms with Gasteiger partial charge in [-0.25, -0.2) is 12.8 Å². The van der Waals surface area contributed by atoms with E-state index in [1.54, 1.807) is 18.2 Å². The lowest BCUT2D eigenvalue weighted by molar-refractivity contribution is 0.0950. The molecule has 3 aromatic carbocycles. The molecule has 10 heteroatoms. The number of carbonyl (C=O) groups excluding carboxylic acids is 1. The summed E-state index contributed by atoms with van der Waals surface area (Å²) in [6, 6.07) is 17.0.